The molecule has 7 heteroatoms. The summed E-state index contributed by atoms with van der Waals surface area (Å²) in [5.74, 6) is 1.01. The number of nitrogens with zero attached hydrogens (tertiary/aromatic N) is 1. The Kier molecular flexibility index (Phi) is 10.8. The molecule has 5 nitrogen and oxygen atoms in total. The van der Waals surface area contributed by atoms with E-state index in [1.165, 1.54) is 23.9 Å². The molecular formula is C29H33FN2O3S. The van der Waals surface area contributed by atoms with Gasteiger partial charge in [0.15, 0.2) is 0 Å². The molecule has 0 aliphatic rings. The Morgan fingerprint density at radius 1 is 0.944 bits per heavy atom. The molecule has 3 aromatic carbocycles. The molecule has 0 fully saturated rings. The molecule has 3 rings (SSSR count). The van der Waals surface area contributed by atoms with Crippen molar-refractivity contribution in [2.24, 2.45) is 0 Å². The summed E-state index contributed by atoms with van der Waals surface area (Å²) in [6.45, 7) is 2.75. The van der Waals surface area contributed by atoms with Crippen LogP contribution in [0.1, 0.15) is 30.0 Å². The zero-order chi connectivity index (χ0) is 25.8. The topological polar surface area (TPSA) is 58.6 Å². The van der Waals surface area contributed by atoms with Gasteiger partial charge in [0.1, 0.15) is 17.6 Å². The van der Waals surface area contributed by atoms with Crippen LogP contribution >= 0.6 is 11.8 Å². The van der Waals surface area contributed by atoms with Gasteiger partial charge in [-0.15, -0.1) is 11.8 Å². The zero-order valence-corrected chi connectivity index (χ0v) is 21.6. The molecule has 0 heterocycles. The van der Waals surface area contributed by atoms with Crippen LogP contribution in [-0.2, 0) is 28.3 Å². The molecule has 0 aliphatic heterocycles. The summed E-state index contributed by atoms with van der Waals surface area (Å²) in [6, 6.07) is 22.8. The highest BCUT2D eigenvalue weighted by Crippen LogP contribution is 2.20. The first-order valence-corrected chi connectivity index (χ1v) is 13.2. The Labute approximate surface area is 217 Å². The number of hydrogen-bond acceptors (Lipinski definition) is 4. The SMILES string of the molecule is CCCNC(=O)[C@H](Cc1ccccc1)N(Cc1ccc(F)cc1)C(=O)CSCc1ccc(OC)cc1. The molecular weight excluding hydrogens is 475 g/mol. The predicted molar refractivity (Wildman–Crippen MR) is 143 cm³/mol. The van der Waals surface area contributed by atoms with E-state index >= 15 is 0 Å². The summed E-state index contributed by atoms with van der Waals surface area (Å²) in [7, 11) is 1.63. The van der Waals surface area contributed by atoms with Crippen LogP contribution in [-0.4, -0.2) is 42.2 Å². The molecule has 0 bridgehead atoms. The van der Waals surface area contributed by atoms with E-state index in [2.05, 4.69) is 5.32 Å². The van der Waals surface area contributed by atoms with Crippen molar-refractivity contribution in [3.8, 4) is 5.75 Å². The van der Waals surface area contributed by atoms with Gasteiger partial charge in [-0.3, -0.25) is 9.59 Å². The predicted octanol–water partition coefficient (Wildman–Crippen LogP) is 5.23. The van der Waals surface area contributed by atoms with Crippen molar-refractivity contribution in [1.29, 1.82) is 0 Å². The van der Waals surface area contributed by atoms with Gasteiger partial charge in [-0.1, -0.05) is 61.5 Å². The third-order valence-electron chi connectivity index (χ3n) is 5.74. The molecule has 0 aliphatic carbocycles. The number of ether oxygens (including phenoxy) is 1. The van der Waals surface area contributed by atoms with Crippen molar-refractivity contribution < 1.29 is 18.7 Å². The van der Waals surface area contributed by atoms with Crippen molar-refractivity contribution >= 4 is 23.6 Å². The highest BCUT2D eigenvalue weighted by Gasteiger charge is 2.30. The van der Waals surface area contributed by atoms with E-state index in [-0.39, 0.29) is 29.9 Å². The van der Waals surface area contributed by atoms with Gasteiger partial charge in [0, 0.05) is 25.3 Å². The Balaban J connectivity index is 1.80. The second-order valence-electron chi connectivity index (χ2n) is 8.49. The number of benzene rings is 3. The number of carbonyl (C=O) groups is 2. The third-order valence-corrected chi connectivity index (χ3v) is 6.73. The summed E-state index contributed by atoms with van der Waals surface area (Å²) in [5.41, 5.74) is 2.82. The minimum absolute atomic E-state index is 0.134. The van der Waals surface area contributed by atoms with E-state index in [1.807, 2.05) is 61.5 Å². The average molecular weight is 509 g/mol. The smallest absolute Gasteiger partial charge is 0.243 e. The number of halogens is 1. The lowest BCUT2D eigenvalue weighted by molar-refractivity contribution is -0.139. The Bertz CT molecular complexity index is 1090. The summed E-state index contributed by atoms with van der Waals surface area (Å²) in [5, 5.41) is 2.96. The van der Waals surface area contributed by atoms with Gasteiger partial charge in [0.25, 0.3) is 0 Å². The molecule has 0 aromatic heterocycles. The van der Waals surface area contributed by atoms with Gasteiger partial charge in [0.05, 0.1) is 12.9 Å². The molecule has 190 valence electrons. The maximum atomic E-state index is 13.5. The number of carbonyl (C=O) groups excluding carboxylic acids is 2. The molecule has 0 radical (unpaired) electrons. The van der Waals surface area contributed by atoms with E-state index < -0.39 is 6.04 Å². The number of nitrogens with one attached hydrogen (secondary N) is 1. The maximum Gasteiger partial charge on any atom is 0.243 e. The summed E-state index contributed by atoms with van der Waals surface area (Å²) < 4.78 is 18.7. The lowest BCUT2D eigenvalue weighted by Gasteiger charge is -2.31. The van der Waals surface area contributed by atoms with Gasteiger partial charge in [-0.25, -0.2) is 4.39 Å². The van der Waals surface area contributed by atoms with Crippen molar-refractivity contribution in [2.45, 2.75) is 38.1 Å². The zero-order valence-electron chi connectivity index (χ0n) is 20.8. The fourth-order valence-electron chi connectivity index (χ4n) is 3.77. The first-order valence-electron chi connectivity index (χ1n) is 12.1. The fourth-order valence-corrected chi connectivity index (χ4v) is 4.64. The summed E-state index contributed by atoms with van der Waals surface area (Å²) in [4.78, 5) is 28.4. The molecule has 1 atom stereocenters. The van der Waals surface area contributed by atoms with Crippen LogP contribution in [0, 0.1) is 5.82 Å². The van der Waals surface area contributed by atoms with Gasteiger partial charge in [0.2, 0.25) is 11.8 Å². The highest BCUT2D eigenvalue weighted by molar-refractivity contribution is 7.99. The van der Waals surface area contributed by atoms with Crippen LogP contribution in [0.15, 0.2) is 78.9 Å². The number of methoxy groups -OCH3 is 1. The molecule has 0 saturated heterocycles. The molecule has 0 saturated carbocycles. The van der Waals surface area contributed by atoms with Gasteiger partial charge < -0.3 is 15.0 Å². The van der Waals surface area contributed by atoms with Gasteiger partial charge in [-0.2, -0.15) is 0 Å². The van der Waals surface area contributed by atoms with Crippen molar-refractivity contribution in [3.63, 3.8) is 0 Å². The van der Waals surface area contributed by atoms with Gasteiger partial charge in [-0.05, 0) is 47.4 Å². The van der Waals surface area contributed by atoms with E-state index in [1.54, 1.807) is 24.1 Å². The van der Waals surface area contributed by atoms with Crippen molar-refractivity contribution in [1.82, 2.24) is 10.2 Å². The normalized spacial score (nSPS) is 11.5. The lowest BCUT2D eigenvalue weighted by Crippen LogP contribution is -2.51. The van der Waals surface area contributed by atoms with Crippen LogP contribution in [0.4, 0.5) is 4.39 Å². The van der Waals surface area contributed by atoms with E-state index in [0.717, 1.165) is 28.9 Å². The molecule has 0 unspecified atom stereocenters. The number of rotatable bonds is 13. The van der Waals surface area contributed by atoms with Crippen molar-refractivity contribution in [3.05, 3.63) is 101 Å². The largest absolute Gasteiger partial charge is 0.497 e. The van der Waals surface area contributed by atoms with Crippen LogP contribution < -0.4 is 10.1 Å². The van der Waals surface area contributed by atoms with Crippen molar-refractivity contribution in [2.75, 3.05) is 19.4 Å². The second-order valence-corrected chi connectivity index (χ2v) is 9.47. The van der Waals surface area contributed by atoms with Crippen LogP contribution in [0.3, 0.4) is 0 Å². The molecule has 2 amide bonds. The van der Waals surface area contributed by atoms with Crippen LogP contribution in [0.2, 0.25) is 0 Å². The summed E-state index contributed by atoms with van der Waals surface area (Å²) >= 11 is 1.50. The quantitative estimate of drug-likeness (QED) is 0.343. The monoisotopic (exact) mass is 508 g/mol. The molecule has 36 heavy (non-hydrogen) atoms. The minimum Gasteiger partial charge on any atom is -0.497 e. The number of amides is 2. The fraction of sp³-hybridized carbons (Fsp3) is 0.310. The molecule has 1 N–H and O–H groups in total. The minimum atomic E-state index is -0.682. The lowest BCUT2D eigenvalue weighted by atomic mass is 10.0. The number of hydrogen-bond donors (Lipinski definition) is 1. The highest BCUT2D eigenvalue weighted by atomic mass is 32.2. The van der Waals surface area contributed by atoms with Crippen LogP contribution in [0.5, 0.6) is 5.75 Å². The van der Waals surface area contributed by atoms with Gasteiger partial charge >= 0.3 is 0 Å². The Hall–Kier alpha value is -3.32. The van der Waals surface area contributed by atoms with E-state index in [9.17, 15) is 14.0 Å². The standard InChI is InChI=1S/C29H33FN2O3S/c1-3-17-31-29(34)27(18-22-7-5-4-6-8-22)32(19-23-9-13-25(30)14-10-23)28(33)21-36-20-24-11-15-26(35-2)16-12-24/h4-16,27H,3,17-21H2,1-2H3,(H,31,34)/t27-/m0/s1. The summed E-state index contributed by atoms with van der Waals surface area (Å²) in [6.07, 6.45) is 1.19. The maximum absolute atomic E-state index is 13.5. The first-order chi connectivity index (χ1) is 17.5. The first kappa shape index (κ1) is 27.3. The third kappa shape index (κ3) is 8.41. The Morgan fingerprint density at radius 3 is 2.25 bits per heavy atom. The molecule has 3 aromatic rings. The Morgan fingerprint density at radius 2 is 1.61 bits per heavy atom. The number of thioether (sulfide) groups is 1. The van der Waals surface area contributed by atoms with E-state index in [4.69, 9.17) is 4.74 Å². The second kappa shape index (κ2) is 14.3. The molecule has 0 spiro atoms. The van der Waals surface area contributed by atoms with Crippen LogP contribution in [0.25, 0.3) is 0 Å². The van der Waals surface area contributed by atoms with E-state index in [0.29, 0.717) is 18.7 Å². The average Bonchev–Trinajstić information content (AvgIpc) is 2.91.